The van der Waals surface area contributed by atoms with Gasteiger partial charge in [-0.2, -0.15) is 13.2 Å². The molecule has 0 aliphatic carbocycles. The molecule has 68 valence electrons. The van der Waals surface area contributed by atoms with Gasteiger partial charge in [0.2, 0.25) is 5.91 Å². The summed E-state index contributed by atoms with van der Waals surface area (Å²) in [6.45, 7) is -0.225. The second-order valence-electron chi connectivity index (χ2n) is 2.24. The first-order chi connectivity index (χ1) is 5.41. The highest BCUT2D eigenvalue weighted by Gasteiger charge is 2.44. The quantitative estimate of drug-likeness (QED) is 0.564. The lowest BCUT2D eigenvalue weighted by Gasteiger charge is -2.15. The second-order valence-corrected chi connectivity index (χ2v) is 2.24. The molecule has 1 aliphatic heterocycles. The molecule has 1 rings (SSSR count). The van der Waals surface area contributed by atoms with Crippen molar-refractivity contribution in [2.45, 2.75) is 12.6 Å². The molecule has 0 saturated carbocycles. The fourth-order valence-corrected chi connectivity index (χ4v) is 0.781. The van der Waals surface area contributed by atoms with Crippen molar-refractivity contribution in [3.63, 3.8) is 0 Å². The Labute approximate surface area is 65.3 Å². The maximum atomic E-state index is 11.7. The zero-order valence-electron chi connectivity index (χ0n) is 5.81. The van der Waals surface area contributed by atoms with Gasteiger partial charge in [0.1, 0.15) is 0 Å². The molecule has 0 spiro atoms. The molecule has 1 aliphatic rings. The second kappa shape index (κ2) is 2.65. The van der Waals surface area contributed by atoms with E-state index in [4.69, 9.17) is 0 Å². The summed E-state index contributed by atoms with van der Waals surface area (Å²) in [7, 11) is 0. The Morgan fingerprint density at radius 1 is 1.50 bits per heavy atom. The molecule has 1 N–H and O–H groups in total. The van der Waals surface area contributed by atoms with Crippen LogP contribution in [0.5, 0.6) is 0 Å². The van der Waals surface area contributed by atoms with E-state index < -0.39 is 18.0 Å². The lowest BCUT2D eigenvalue weighted by atomic mass is 10.4. The molecule has 0 unspecified atom stereocenters. The number of halogens is 3. The summed E-state index contributed by atoms with van der Waals surface area (Å²) in [5, 5.41) is 0.266. The lowest BCUT2D eigenvalue weighted by Crippen LogP contribution is -2.45. The maximum absolute atomic E-state index is 11.7. The van der Waals surface area contributed by atoms with Crippen molar-refractivity contribution in [2.75, 3.05) is 6.54 Å². The number of alkyl halides is 3. The molecule has 7 heteroatoms. The minimum atomic E-state index is -4.92. The fraction of sp³-hybridized carbons (Fsp3) is 0.600. The third-order valence-corrected chi connectivity index (χ3v) is 1.31. The monoisotopic (exact) mass is 182 g/mol. The van der Waals surface area contributed by atoms with E-state index in [9.17, 15) is 22.8 Å². The fourth-order valence-electron chi connectivity index (χ4n) is 0.781. The maximum Gasteiger partial charge on any atom is 0.473 e. The van der Waals surface area contributed by atoms with Gasteiger partial charge in [0.25, 0.3) is 0 Å². The van der Waals surface area contributed by atoms with Crippen LogP contribution in [0.4, 0.5) is 13.2 Å². The molecule has 2 amide bonds. The van der Waals surface area contributed by atoms with Crippen molar-refractivity contribution in [1.29, 1.82) is 0 Å². The molecule has 0 aromatic carbocycles. The van der Waals surface area contributed by atoms with Gasteiger partial charge in [-0.05, 0) is 0 Å². The van der Waals surface area contributed by atoms with Crippen molar-refractivity contribution >= 4 is 11.8 Å². The normalized spacial score (nSPS) is 17.9. The van der Waals surface area contributed by atoms with Crippen LogP contribution in [0.25, 0.3) is 0 Å². The highest BCUT2D eigenvalue weighted by atomic mass is 19.4. The van der Waals surface area contributed by atoms with Gasteiger partial charge in [-0.25, -0.2) is 5.01 Å². The molecule has 4 nitrogen and oxygen atoms in total. The molecule has 0 atom stereocenters. The first kappa shape index (κ1) is 8.82. The van der Waals surface area contributed by atoms with E-state index in [0.29, 0.717) is 0 Å². The van der Waals surface area contributed by atoms with Crippen LogP contribution < -0.4 is 5.43 Å². The molecule has 0 bridgehead atoms. The van der Waals surface area contributed by atoms with Gasteiger partial charge >= 0.3 is 12.1 Å². The zero-order chi connectivity index (χ0) is 9.35. The molecule has 1 fully saturated rings. The van der Waals surface area contributed by atoms with Crippen LogP contribution >= 0.6 is 0 Å². The van der Waals surface area contributed by atoms with E-state index in [2.05, 4.69) is 0 Å². The van der Waals surface area contributed by atoms with Crippen LogP contribution in [0, 0.1) is 0 Å². The average molecular weight is 182 g/mol. The predicted molar refractivity (Wildman–Crippen MR) is 30.5 cm³/mol. The Kier molecular flexibility index (Phi) is 1.95. The molecular weight excluding hydrogens is 177 g/mol. The predicted octanol–water partition coefficient (Wildman–Crippen LogP) is -0.188. The highest BCUT2D eigenvalue weighted by Crippen LogP contribution is 2.18. The Morgan fingerprint density at radius 3 is 2.42 bits per heavy atom. The van der Waals surface area contributed by atoms with Crippen LogP contribution in [0.1, 0.15) is 6.42 Å². The summed E-state index contributed by atoms with van der Waals surface area (Å²) in [5.74, 6) is -2.61. The molecular formula is C5H5F3N2O2. The Morgan fingerprint density at radius 2 is 2.08 bits per heavy atom. The average Bonchev–Trinajstić information content (AvgIpc) is 2.32. The molecule has 1 saturated heterocycles. The van der Waals surface area contributed by atoms with Crippen LogP contribution in [0.3, 0.4) is 0 Å². The highest BCUT2D eigenvalue weighted by molar-refractivity contribution is 5.88. The largest absolute Gasteiger partial charge is 0.473 e. The molecule has 0 aromatic heterocycles. The molecule has 12 heavy (non-hydrogen) atoms. The lowest BCUT2D eigenvalue weighted by molar-refractivity contribution is -0.187. The van der Waals surface area contributed by atoms with E-state index in [1.54, 1.807) is 5.43 Å². The van der Waals surface area contributed by atoms with Crippen molar-refractivity contribution in [3.05, 3.63) is 0 Å². The number of amides is 2. The first-order valence-electron chi connectivity index (χ1n) is 3.09. The van der Waals surface area contributed by atoms with Gasteiger partial charge in [-0.3, -0.25) is 15.0 Å². The van der Waals surface area contributed by atoms with Crippen molar-refractivity contribution in [3.8, 4) is 0 Å². The van der Waals surface area contributed by atoms with E-state index >= 15 is 0 Å². The summed E-state index contributed by atoms with van der Waals surface area (Å²) in [6.07, 6.45) is -5.00. The van der Waals surface area contributed by atoms with E-state index in [0.717, 1.165) is 0 Å². The number of hydrazine groups is 1. The third kappa shape index (κ3) is 1.66. The standard InChI is InChI=1S/C5H5F3N2O2/c6-5(7,8)4(12)10-2-1-3(11)9-10/h1-2H2,(H,9,11). The number of hydrogen-bond donors (Lipinski definition) is 1. The van der Waals surface area contributed by atoms with Crippen molar-refractivity contribution in [2.24, 2.45) is 0 Å². The number of carbonyl (C=O) groups excluding carboxylic acids is 2. The topological polar surface area (TPSA) is 49.4 Å². The van der Waals surface area contributed by atoms with Gasteiger partial charge in [0.05, 0.1) is 6.54 Å². The summed E-state index contributed by atoms with van der Waals surface area (Å²) in [5.41, 5.74) is 1.79. The number of nitrogens with one attached hydrogen (secondary N) is 1. The smallest absolute Gasteiger partial charge is 0.273 e. The Balaban J connectivity index is 2.61. The number of rotatable bonds is 0. The van der Waals surface area contributed by atoms with Crippen molar-refractivity contribution < 1.29 is 22.8 Å². The SMILES string of the molecule is O=C1CCN(C(=O)C(F)(F)F)N1. The van der Waals surface area contributed by atoms with Crippen molar-refractivity contribution in [1.82, 2.24) is 10.4 Å². The van der Waals surface area contributed by atoms with E-state index in [1.165, 1.54) is 0 Å². The van der Waals surface area contributed by atoms with E-state index in [1.807, 2.05) is 0 Å². The minimum absolute atomic E-state index is 0.0815. The van der Waals surface area contributed by atoms with Crippen LogP contribution in [-0.2, 0) is 9.59 Å². The van der Waals surface area contributed by atoms with Gasteiger partial charge in [-0.15, -0.1) is 0 Å². The van der Waals surface area contributed by atoms with Gasteiger partial charge in [0.15, 0.2) is 0 Å². The van der Waals surface area contributed by atoms with E-state index in [-0.39, 0.29) is 18.0 Å². The number of nitrogens with zero attached hydrogens (tertiary/aromatic N) is 1. The summed E-state index contributed by atoms with van der Waals surface area (Å²) < 4.78 is 35.1. The Hall–Kier alpha value is -1.27. The summed E-state index contributed by atoms with van der Waals surface area (Å²) in [4.78, 5) is 20.8. The minimum Gasteiger partial charge on any atom is -0.273 e. The zero-order valence-corrected chi connectivity index (χ0v) is 5.81. The van der Waals surface area contributed by atoms with Crippen LogP contribution in [0.2, 0.25) is 0 Å². The summed E-state index contributed by atoms with van der Waals surface area (Å²) in [6, 6.07) is 0. The van der Waals surface area contributed by atoms with Gasteiger partial charge in [-0.1, -0.05) is 0 Å². The van der Waals surface area contributed by atoms with Crippen LogP contribution in [0.15, 0.2) is 0 Å². The van der Waals surface area contributed by atoms with Crippen LogP contribution in [-0.4, -0.2) is 29.5 Å². The number of hydrogen-bond acceptors (Lipinski definition) is 2. The van der Waals surface area contributed by atoms with Gasteiger partial charge in [0, 0.05) is 6.42 Å². The van der Waals surface area contributed by atoms with Gasteiger partial charge < -0.3 is 0 Å². The third-order valence-electron chi connectivity index (χ3n) is 1.31. The first-order valence-corrected chi connectivity index (χ1v) is 3.09. The molecule has 0 aromatic rings. The number of carbonyl (C=O) groups is 2. The summed E-state index contributed by atoms with van der Waals surface area (Å²) >= 11 is 0. The molecule has 0 radical (unpaired) electrons. The molecule has 1 heterocycles. The Bertz CT molecular complexity index is 225.